The van der Waals surface area contributed by atoms with Crippen LogP contribution in [-0.4, -0.2) is 10.7 Å². The van der Waals surface area contributed by atoms with Crippen molar-refractivity contribution in [2.45, 2.75) is 66.9 Å². The Morgan fingerprint density at radius 1 is 1.00 bits per heavy atom. The fraction of sp³-hybridized carbons (Fsp3) is 1.00. The monoisotopic (exact) mass is 200 g/mol. The molecule has 0 unspecified atom stereocenters. The SMILES string of the molecule is C[C@@H](CCC(C)(C)O)[C@H](C)C(C)(C)C. The minimum atomic E-state index is -0.508. The average molecular weight is 200 g/mol. The molecule has 2 atom stereocenters. The predicted molar refractivity (Wildman–Crippen MR) is 63.3 cm³/mol. The van der Waals surface area contributed by atoms with Gasteiger partial charge in [0.25, 0.3) is 0 Å². The van der Waals surface area contributed by atoms with Crippen LogP contribution in [0.2, 0.25) is 0 Å². The van der Waals surface area contributed by atoms with E-state index in [4.69, 9.17) is 0 Å². The van der Waals surface area contributed by atoms with Crippen LogP contribution in [-0.2, 0) is 0 Å². The first-order chi connectivity index (χ1) is 6.04. The van der Waals surface area contributed by atoms with Crippen LogP contribution < -0.4 is 0 Å². The molecule has 0 saturated heterocycles. The lowest BCUT2D eigenvalue weighted by Gasteiger charge is -2.33. The van der Waals surface area contributed by atoms with E-state index < -0.39 is 5.60 Å². The number of rotatable bonds is 4. The van der Waals surface area contributed by atoms with Crippen LogP contribution in [0.3, 0.4) is 0 Å². The summed E-state index contributed by atoms with van der Waals surface area (Å²) in [5, 5.41) is 9.65. The molecule has 1 N–H and O–H groups in total. The Morgan fingerprint density at radius 2 is 1.43 bits per heavy atom. The van der Waals surface area contributed by atoms with E-state index in [2.05, 4.69) is 34.6 Å². The highest BCUT2D eigenvalue weighted by atomic mass is 16.3. The van der Waals surface area contributed by atoms with E-state index in [1.807, 2.05) is 13.8 Å². The lowest BCUT2D eigenvalue weighted by Crippen LogP contribution is -2.26. The topological polar surface area (TPSA) is 20.2 Å². The summed E-state index contributed by atoms with van der Waals surface area (Å²) in [6.07, 6.45) is 2.01. The maximum absolute atomic E-state index is 9.65. The van der Waals surface area contributed by atoms with Crippen LogP contribution in [0.15, 0.2) is 0 Å². The molecule has 14 heavy (non-hydrogen) atoms. The van der Waals surface area contributed by atoms with Crippen LogP contribution in [0.1, 0.15) is 61.3 Å². The van der Waals surface area contributed by atoms with Gasteiger partial charge in [-0.2, -0.15) is 0 Å². The molecule has 0 aliphatic rings. The van der Waals surface area contributed by atoms with Gasteiger partial charge >= 0.3 is 0 Å². The largest absolute Gasteiger partial charge is 0.390 e. The molecule has 0 aliphatic heterocycles. The average Bonchev–Trinajstić information content (AvgIpc) is 1.95. The second-order valence-corrected chi connectivity index (χ2v) is 6.48. The van der Waals surface area contributed by atoms with Crippen LogP contribution in [0, 0.1) is 17.3 Å². The molecule has 0 aromatic heterocycles. The molecular formula is C13H28O. The summed E-state index contributed by atoms with van der Waals surface area (Å²) < 4.78 is 0. The lowest BCUT2D eigenvalue weighted by molar-refractivity contribution is 0.0556. The summed E-state index contributed by atoms with van der Waals surface area (Å²) in [6.45, 7) is 15.3. The second kappa shape index (κ2) is 4.65. The van der Waals surface area contributed by atoms with Crippen LogP contribution in [0.5, 0.6) is 0 Å². The lowest BCUT2D eigenvalue weighted by atomic mass is 9.73. The zero-order valence-electron chi connectivity index (χ0n) is 11.0. The first kappa shape index (κ1) is 14.0. The van der Waals surface area contributed by atoms with Gasteiger partial charge in [-0.05, 0) is 43.9 Å². The highest BCUT2D eigenvalue weighted by Gasteiger charge is 2.26. The minimum Gasteiger partial charge on any atom is -0.390 e. The third-order valence-corrected chi connectivity index (χ3v) is 3.43. The van der Waals surface area contributed by atoms with Crippen molar-refractivity contribution < 1.29 is 5.11 Å². The molecule has 0 fully saturated rings. The standard InChI is InChI=1S/C13H28O/c1-10(8-9-13(6,7)14)11(2)12(3,4)5/h10-11,14H,8-9H2,1-7H3/t10-,11-/m0/s1. The molecule has 0 amide bonds. The van der Waals surface area contributed by atoms with Gasteiger partial charge in [0.05, 0.1) is 5.60 Å². The fourth-order valence-corrected chi connectivity index (χ4v) is 1.68. The van der Waals surface area contributed by atoms with Crippen molar-refractivity contribution in [2.24, 2.45) is 17.3 Å². The highest BCUT2D eigenvalue weighted by molar-refractivity contribution is 4.76. The molecule has 0 aromatic carbocycles. The number of aliphatic hydroxyl groups is 1. The third-order valence-electron chi connectivity index (χ3n) is 3.43. The Bertz CT molecular complexity index is 159. The van der Waals surface area contributed by atoms with Crippen molar-refractivity contribution in [2.75, 3.05) is 0 Å². The summed E-state index contributed by atoms with van der Waals surface area (Å²) in [6, 6.07) is 0. The molecule has 0 bridgehead atoms. The fourth-order valence-electron chi connectivity index (χ4n) is 1.68. The van der Waals surface area contributed by atoms with Crippen molar-refractivity contribution in [1.82, 2.24) is 0 Å². The maximum atomic E-state index is 9.65. The second-order valence-electron chi connectivity index (χ2n) is 6.48. The first-order valence-corrected chi connectivity index (χ1v) is 5.76. The van der Waals surface area contributed by atoms with E-state index in [0.29, 0.717) is 17.3 Å². The van der Waals surface area contributed by atoms with Crippen molar-refractivity contribution in [3.8, 4) is 0 Å². The first-order valence-electron chi connectivity index (χ1n) is 5.76. The summed E-state index contributed by atoms with van der Waals surface area (Å²) >= 11 is 0. The van der Waals surface area contributed by atoms with E-state index in [-0.39, 0.29) is 0 Å². The van der Waals surface area contributed by atoms with Crippen molar-refractivity contribution in [3.63, 3.8) is 0 Å². The zero-order chi connectivity index (χ0) is 11.6. The number of hydrogen-bond acceptors (Lipinski definition) is 1. The van der Waals surface area contributed by atoms with E-state index in [9.17, 15) is 5.11 Å². The Balaban J connectivity index is 4.03. The van der Waals surface area contributed by atoms with Crippen molar-refractivity contribution >= 4 is 0 Å². The van der Waals surface area contributed by atoms with Crippen LogP contribution in [0.4, 0.5) is 0 Å². The third kappa shape index (κ3) is 5.64. The Hall–Kier alpha value is -0.0400. The van der Waals surface area contributed by atoms with Gasteiger partial charge in [-0.3, -0.25) is 0 Å². The van der Waals surface area contributed by atoms with Crippen molar-refractivity contribution in [3.05, 3.63) is 0 Å². The zero-order valence-corrected chi connectivity index (χ0v) is 11.0. The van der Waals surface area contributed by atoms with Gasteiger partial charge in [0.15, 0.2) is 0 Å². The summed E-state index contributed by atoms with van der Waals surface area (Å²) in [7, 11) is 0. The molecule has 1 heteroatoms. The molecular weight excluding hydrogens is 172 g/mol. The van der Waals surface area contributed by atoms with Crippen molar-refractivity contribution in [1.29, 1.82) is 0 Å². The van der Waals surface area contributed by atoms with Gasteiger partial charge in [-0.15, -0.1) is 0 Å². The van der Waals surface area contributed by atoms with Gasteiger partial charge in [0, 0.05) is 0 Å². The molecule has 0 aromatic rings. The summed E-state index contributed by atoms with van der Waals surface area (Å²) in [5.74, 6) is 1.38. The molecule has 0 heterocycles. The van der Waals surface area contributed by atoms with E-state index in [1.165, 1.54) is 0 Å². The molecule has 0 radical (unpaired) electrons. The quantitative estimate of drug-likeness (QED) is 0.730. The molecule has 0 saturated carbocycles. The Morgan fingerprint density at radius 3 is 1.71 bits per heavy atom. The van der Waals surface area contributed by atoms with Gasteiger partial charge in [0.1, 0.15) is 0 Å². The van der Waals surface area contributed by atoms with Gasteiger partial charge in [0.2, 0.25) is 0 Å². The normalized spacial score (nSPS) is 18.0. The molecule has 86 valence electrons. The Kier molecular flexibility index (Phi) is 4.64. The van der Waals surface area contributed by atoms with Crippen LogP contribution >= 0.6 is 0 Å². The number of hydrogen-bond donors (Lipinski definition) is 1. The van der Waals surface area contributed by atoms with Crippen LogP contribution in [0.25, 0.3) is 0 Å². The molecule has 0 aliphatic carbocycles. The molecule has 1 nitrogen and oxygen atoms in total. The molecule has 0 spiro atoms. The highest BCUT2D eigenvalue weighted by Crippen LogP contribution is 2.34. The van der Waals surface area contributed by atoms with Gasteiger partial charge in [-0.1, -0.05) is 34.6 Å². The van der Waals surface area contributed by atoms with E-state index in [1.54, 1.807) is 0 Å². The Labute approximate surface area is 89.9 Å². The van der Waals surface area contributed by atoms with E-state index >= 15 is 0 Å². The van der Waals surface area contributed by atoms with E-state index in [0.717, 1.165) is 12.8 Å². The maximum Gasteiger partial charge on any atom is 0.0591 e. The minimum absolute atomic E-state index is 0.374. The smallest absolute Gasteiger partial charge is 0.0591 e. The predicted octanol–water partition coefficient (Wildman–Crippen LogP) is 3.86. The molecule has 0 rings (SSSR count). The van der Waals surface area contributed by atoms with Gasteiger partial charge in [-0.25, -0.2) is 0 Å². The summed E-state index contributed by atoms with van der Waals surface area (Å²) in [5.41, 5.74) is -0.134. The summed E-state index contributed by atoms with van der Waals surface area (Å²) in [4.78, 5) is 0. The van der Waals surface area contributed by atoms with Gasteiger partial charge < -0.3 is 5.11 Å².